The number of rotatable bonds is 5. The molecule has 0 atom stereocenters. The zero-order valence-corrected chi connectivity index (χ0v) is 13.6. The third kappa shape index (κ3) is 3.65. The molecule has 0 saturated carbocycles. The smallest absolute Gasteiger partial charge is 0.331 e. The fraction of sp³-hybridized carbons (Fsp3) is 0.105. The Hall–Kier alpha value is -3.79. The lowest BCUT2D eigenvalue weighted by Gasteiger charge is -2.25. The average Bonchev–Trinajstić information content (AvgIpc) is 3.15. The lowest BCUT2D eigenvalue weighted by molar-refractivity contribution is -0.130. The van der Waals surface area contributed by atoms with Crippen LogP contribution in [0.2, 0.25) is 0 Å². The lowest BCUT2D eigenvalue weighted by atomic mass is 10.1. The number of ether oxygens (including phenoxy) is 1. The predicted octanol–water partition coefficient (Wildman–Crippen LogP) is 1.95. The zero-order valence-electron chi connectivity index (χ0n) is 13.6. The standard InChI is InChI=1S/C19H14N2O5/c1-2-9-25-14-7-5-13(6-8-14)11-16-17(22)20-19(24)21(18(16)23)12-15-4-3-10-26-15/h1,3-8,10-11H,9,12H2,(H,20,22,24). The number of nitrogens with one attached hydrogen (secondary N) is 1. The minimum Gasteiger partial charge on any atom is -0.481 e. The van der Waals surface area contributed by atoms with Gasteiger partial charge in [0.05, 0.1) is 12.8 Å². The van der Waals surface area contributed by atoms with Crippen LogP contribution in [0.1, 0.15) is 11.3 Å². The normalized spacial score (nSPS) is 15.7. The van der Waals surface area contributed by atoms with Crippen LogP contribution in [0.25, 0.3) is 6.08 Å². The molecule has 7 heteroatoms. The highest BCUT2D eigenvalue weighted by atomic mass is 16.5. The first kappa shape index (κ1) is 17.0. The molecule has 1 aromatic carbocycles. The predicted molar refractivity (Wildman–Crippen MR) is 91.5 cm³/mol. The number of furan rings is 1. The van der Waals surface area contributed by atoms with Gasteiger partial charge < -0.3 is 9.15 Å². The molecule has 1 saturated heterocycles. The molecule has 0 bridgehead atoms. The van der Waals surface area contributed by atoms with Gasteiger partial charge in [-0.1, -0.05) is 18.1 Å². The Morgan fingerprint density at radius 3 is 2.62 bits per heavy atom. The second kappa shape index (κ2) is 7.40. The molecule has 1 fully saturated rings. The van der Waals surface area contributed by atoms with E-state index in [1.807, 2.05) is 0 Å². The highest BCUT2D eigenvalue weighted by Gasteiger charge is 2.36. The molecule has 1 aliphatic heterocycles. The molecule has 0 radical (unpaired) electrons. The SMILES string of the molecule is C#CCOc1ccc(C=C2C(=O)NC(=O)N(Cc3ccco3)C2=O)cc1. The Kier molecular flexibility index (Phi) is 4.85. The molecule has 0 aliphatic carbocycles. The Balaban J connectivity index is 1.82. The first-order valence-corrected chi connectivity index (χ1v) is 7.66. The number of carbonyl (C=O) groups excluding carboxylic acids is 3. The summed E-state index contributed by atoms with van der Waals surface area (Å²) in [5, 5.41) is 2.15. The van der Waals surface area contributed by atoms with Crippen LogP contribution in [0, 0.1) is 12.3 Å². The summed E-state index contributed by atoms with van der Waals surface area (Å²) < 4.78 is 10.4. The first-order chi connectivity index (χ1) is 12.6. The van der Waals surface area contributed by atoms with Crippen molar-refractivity contribution in [1.29, 1.82) is 0 Å². The lowest BCUT2D eigenvalue weighted by Crippen LogP contribution is -2.53. The minimum absolute atomic E-state index is 0.0683. The number of terminal acetylenes is 1. The molecule has 3 rings (SSSR count). The second-order valence-corrected chi connectivity index (χ2v) is 5.35. The molecule has 1 aliphatic rings. The van der Waals surface area contributed by atoms with E-state index in [2.05, 4.69) is 11.2 Å². The van der Waals surface area contributed by atoms with E-state index in [1.165, 1.54) is 12.3 Å². The highest BCUT2D eigenvalue weighted by Crippen LogP contribution is 2.19. The van der Waals surface area contributed by atoms with Crippen LogP contribution in [0.15, 0.2) is 52.7 Å². The van der Waals surface area contributed by atoms with Crippen molar-refractivity contribution in [3.8, 4) is 18.1 Å². The van der Waals surface area contributed by atoms with Crippen LogP contribution in [-0.2, 0) is 16.1 Å². The van der Waals surface area contributed by atoms with Crippen molar-refractivity contribution in [3.63, 3.8) is 0 Å². The Bertz CT molecular complexity index is 904. The highest BCUT2D eigenvalue weighted by molar-refractivity contribution is 6.30. The van der Waals surface area contributed by atoms with E-state index >= 15 is 0 Å². The molecule has 0 spiro atoms. The van der Waals surface area contributed by atoms with Gasteiger partial charge in [0.1, 0.15) is 23.7 Å². The van der Waals surface area contributed by atoms with E-state index in [4.69, 9.17) is 15.6 Å². The van der Waals surface area contributed by atoms with Gasteiger partial charge in [-0.05, 0) is 35.9 Å². The molecular weight excluding hydrogens is 336 g/mol. The van der Waals surface area contributed by atoms with Crippen LogP contribution in [0.5, 0.6) is 5.75 Å². The Morgan fingerprint density at radius 2 is 1.96 bits per heavy atom. The van der Waals surface area contributed by atoms with Crippen molar-refractivity contribution >= 4 is 23.9 Å². The summed E-state index contributed by atoms with van der Waals surface area (Å²) in [6, 6.07) is 9.18. The summed E-state index contributed by atoms with van der Waals surface area (Å²) in [7, 11) is 0. The van der Waals surface area contributed by atoms with Gasteiger partial charge in [-0.3, -0.25) is 19.8 Å². The summed E-state index contributed by atoms with van der Waals surface area (Å²) in [4.78, 5) is 37.5. The van der Waals surface area contributed by atoms with Gasteiger partial charge in [0.15, 0.2) is 0 Å². The van der Waals surface area contributed by atoms with E-state index in [0.717, 1.165) is 4.90 Å². The molecule has 2 aromatic rings. The number of benzene rings is 1. The topological polar surface area (TPSA) is 88.8 Å². The van der Waals surface area contributed by atoms with Crippen LogP contribution in [0.3, 0.4) is 0 Å². The molecule has 4 amide bonds. The summed E-state index contributed by atoms with van der Waals surface area (Å²) in [5.41, 5.74) is 0.456. The van der Waals surface area contributed by atoms with Crippen LogP contribution in [0.4, 0.5) is 4.79 Å². The number of imide groups is 2. The van der Waals surface area contributed by atoms with E-state index in [0.29, 0.717) is 17.1 Å². The van der Waals surface area contributed by atoms with E-state index in [9.17, 15) is 14.4 Å². The Labute approximate surface area is 149 Å². The quantitative estimate of drug-likeness (QED) is 0.506. The number of urea groups is 1. The van der Waals surface area contributed by atoms with E-state index in [1.54, 1.807) is 36.4 Å². The Morgan fingerprint density at radius 1 is 1.19 bits per heavy atom. The third-order valence-corrected chi connectivity index (χ3v) is 3.59. The monoisotopic (exact) mass is 350 g/mol. The molecule has 1 N–H and O–H groups in total. The molecule has 130 valence electrons. The van der Waals surface area contributed by atoms with Gasteiger partial charge in [0.2, 0.25) is 0 Å². The van der Waals surface area contributed by atoms with Crippen molar-refractivity contribution in [2.45, 2.75) is 6.54 Å². The van der Waals surface area contributed by atoms with Gasteiger partial charge in [-0.25, -0.2) is 4.79 Å². The van der Waals surface area contributed by atoms with Crippen LogP contribution >= 0.6 is 0 Å². The summed E-state index contributed by atoms with van der Waals surface area (Å²) >= 11 is 0. The fourth-order valence-electron chi connectivity index (χ4n) is 2.35. The van der Waals surface area contributed by atoms with E-state index in [-0.39, 0.29) is 18.7 Å². The van der Waals surface area contributed by atoms with Crippen molar-refractivity contribution in [2.24, 2.45) is 0 Å². The number of barbiturate groups is 1. The van der Waals surface area contributed by atoms with Gasteiger partial charge in [0.25, 0.3) is 11.8 Å². The van der Waals surface area contributed by atoms with Gasteiger partial charge in [-0.15, -0.1) is 6.42 Å². The molecule has 26 heavy (non-hydrogen) atoms. The van der Waals surface area contributed by atoms with Gasteiger partial charge in [0, 0.05) is 0 Å². The van der Waals surface area contributed by atoms with Crippen molar-refractivity contribution in [2.75, 3.05) is 6.61 Å². The average molecular weight is 350 g/mol. The maximum absolute atomic E-state index is 12.6. The largest absolute Gasteiger partial charge is 0.481 e. The van der Waals surface area contributed by atoms with Gasteiger partial charge >= 0.3 is 6.03 Å². The molecule has 0 unspecified atom stereocenters. The number of hydrogen-bond donors (Lipinski definition) is 1. The maximum atomic E-state index is 12.6. The van der Waals surface area contributed by atoms with Crippen molar-refractivity contribution < 1.29 is 23.5 Å². The summed E-state index contributed by atoms with van der Waals surface area (Å²) in [6.07, 6.45) is 7.97. The number of amides is 4. The molecule has 2 heterocycles. The molecular formula is C19H14N2O5. The number of nitrogens with zero attached hydrogens (tertiary/aromatic N) is 1. The van der Waals surface area contributed by atoms with Crippen LogP contribution < -0.4 is 10.1 Å². The minimum atomic E-state index is -0.786. The summed E-state index contributed by atoms with van der Waals surface area (Å²) in [6.45, 7) is 0.0757. The fourth-order valence-corrected chi connectivity index (χ4v) is 2.35. The van der Waals surface area contributed by atoms with E-state index < -0.39 is 17.8 Å². The zero-order chi connectivity index (χ0) is 18.5. The molecule has 1 aromatic heterocycles. The number of hydrogen-bond acceptors (Lipinski definition) is 5. The van der Waals surface area contributed by atoms with Crippen molar-refractivity contribution in [1.82, 2.24) is 10.2 Å². The van der Waals surface area contributed by atoms with Crippen LogP contribution in [-0.4, -0.2) is 29.4 Å². The van der Waals surface area contributed by atoms with Crippen molar-refractivity contribution in [3.05, 3.63) is 59.6 Å². The second-order valence-electron chi connectivity index (χ2n) is 5.35. The maximum Gasteiger partial charge on any atom is 0.331 e. The van der Waals surface area contributed by atoms with Gasteiger partial charge in [-0.2, -0.15) is 0 Å². The molecule has 7 nitrogen and oxygen atoms in total. The number of carbonyl (C=O) groups is 3. The summed E-state index contributed by atoms with van der Waals surface area (Å²) in [5.74, 6) is 1.92. The first-order valence-electron chi connectivity index (χ1n) is 7.66. The third-order valence-electron chi connectivity index (χ3n) is 3.59.